The van der Waals surface area contributed by atoms with Gasteiger partial charge in [0.1, 0.15) is 12.5 Å². The monoisotopic (exact) mass is 354 g/mol. The standard InChI is InChI=1S/C17H30N4O4/c1-17(2)16(24)20(8-5-11-22)15(21(13-23)25-17)12-19(4)14-6-9-18(3)10-7-14/h11,13-15H,5-10,12H2,1-4H3. The number of amides is 2. The summed E-state index contributed by atoms with van der Waals surface area (Å²) >= 11 is 0. The van der Waals surface area contributed by atoms with Crippen LogP contribution in [0, 0.1) is 0 Å². The highest BCUT2D eigenvalue weighted by molar-refractivity contribution is 5.85. The molecule has 2 heterocycles. The number of aldehydes is 1. The molecule has 8 nitrogen and oxygen atoms in total. The first kappa shape index (κ1) is 19.8. The summed E-state index contributed by atoms with van der Waals surface area (Å²) in [6.07, 6.45) is 3.23. The zero-order valence-corrected chi connectivity index (χ0v) is 15.7. The number of rotatable bonds is 7. The number of hydrogen-bond acceptors (Lipinski definition) is 6. The molecule has 0 saturated carbocycles. The van der Waals surface area contributed by atoms with Gasteiger partial charge in [0, 0.05) is 25.6 Å². The summed E-state index contributed by atoms with van der Waals surface area (Å²) in [6, 6.07) is 0.405. The molecule has 8 heteroatoms. The molecule has 2 amide bonds. The molecule has 0 N–H and O–H groups in total. The highest BCUT2D eigenvalue weighted by Gasteiger charge is 2.46. The molecule has 1 atom stereocenters. The molecule has 25 heavy (non-hydrogen) atoms. The van der Waals surface area contributed by atoms with Gasteiger partial charge in [-0.1, -0.05) is 0 Å². The first-order valence-electron chi connectivity index (χ1n) is 8.86. The average Bonchev–Trinajstić information content (AvgIpc) is 2.58. The maximum Gasteiger partial charge on any atom is 0.258 e. The lowest BCUT2D eigenvalue weighted by atomic mass is 10.0. The fraction of sp³-hybridized carbons (Fsp3) is 0.824. The smallest absolute Gasteiger partial charge is 0.258 e. The van der Waals surface area contributed by atoms with E-state index in [0.29, 0.717) is 19.0 Å². The number of likely N-dealkylation sites (tertiary alicyclic amines) is 1. The molecule has 2 aliphatic rings. The minimum atomic E-state index is -1.12. The van der Waals surface area contributed by atoms with Crippen molar-refractivity contribution in [3.8, 4) is 0 Å². The van der Waals surface area contributed by atoms with Crippen LogP contribution in [0.2, 0.25) is 0 Å². The summed E-state index contributed by atoms with van der Waals surface area (Å²) in [6.45, 7) is 6.12. The van der Waals surface area contributed by atoms with Gasteiger partial charge in [0.15, 0.2) is 5.60 Å². The molecule has 0 aromatic heterocycles. The van der Waals surface area contributed by atoms with E-state index in [1.54, 1.807) is 18.7 Å². The first-order valence-corrected chi connectivity index (χ1v) is 8.86. The normalized spacial score (nSPS) is 25.5. The maximum atomic E-state index is 12.7. The predicted octanol–water partition coefficient (Wildman–Crippen LogP) is -0.0617. The number of hydrogen-bond donors (Lipinski definition) is 0. The van der Waals surface area contributed by atoms with Crippen LogP contribution in [-0.4, -0.2) is 96.4 Å². The van der Waals surface area contributed by atoms with Crippen LogP contribution in [0.4, 0.5) is 0 Å². The van der Waals surface area contributed by atoms with Crippen LogP contribution in [0.15, 0.2) is 0 Å². The third kappa shape index (κ3) is 4.56. The van der Waals surface area contributed by atoms with E-state index in [1.165, 1.54) is 5.06 Å². The molecule has 2 fully saturated rings. The topological polar surface area (TPSA) is 73.4 Å². The Morgan fingerprint density at radius 3 is 2.48 bits per heavy atom. The molecule has 0 spiro atoms. The fourth-order valence-electron chi connectivity index (χ4n) is 3.54. The van der Waals surface area contributed by atoms with Gasteiger partial charge in [0.05, 0.1) is 0 Å². The zero-order valence-electron chi connectivity index (χ0n) is 15.7. The summed E-state index contributed by atoms with van der Waals surface area (Å²) in [4.78, 5) is 46.8. The third-order valence-corrected chi connectivity index (χ3v) is 5.12. The fourth-order valence-corrected chi connectivity index (χ4v) is 3.54. The predicted molar refractivity (Wildman–Crippen MR) is 92.4 cm³/mol. The first-order chi connectivity index (χ1) is 11.8. The Morgan fingerprint density at radius 1 is 1.28 bits per heavy atom. The van der Waals surface area contributed by atoms with E-state index in [1.807, 2.05) is 7.05 Å². The maximum absolute atomic E-state index is 12.7. The highest BCUT2D eigenvalue weighted by Crippen LogP contribution is 2.27. The second-order valence-corrected chi connectivity index (χ2v) is 7.48. The molecule has 0 aromatic rings. The summed E-state index contributed by atoms with van der Waals surface area (Å²) in [5, 5.41) is 1.22. The van der Waals surface area contributed by atoms with Crippen molar-refractivity contribution in [2.24, 2.45) is 0 Å². The number of nitrogens with zero attached hydrogens (tertiary/aromatic N) is 4. The van der Waals surface area contributed by atoms with Crippen molar-refractivity contribution in [3.63, 3.8) is 0 Å². The van der Waals surface area contributed by atoms with E-state index >= 15 is 0 Å². The van der Waals surface area contributed by atoms with Crippen LogP contribution in [0.1, 0.15) is 33.1 Å². The van der Waals surface area contributed by atoms with Gasteiger partial charge in [-0.3, -0.25) is 19.3 Å². The largest absolute Gasteiger partial charge is 0.316 e. The Kier molecular flexibility index (Phi) is 6.53. The summed E-state index contributed by atoms with van der Waals surface area (Å²) in [7, 11) is 4.13. The van der Waals surface area contributed by atoms with E-state index in [9.17, 15) is 14.4 Å². The van der Waals surface area contributed by atoms with E-state index in [0.717, 1.165) is 32.2 Å². The van der Waals surface area contributed by atoms with Crippen LogP contribution in [0.3, 0.4) is 0 Å². The minimum Gasteiger partial charge on any atom is -0.316 e. The third-order valence-electron chi connectivity index (χ3n) is 5.12. The number of piperidine rings is 1. The van der Waals surface area contributed by atoms with E-state index in [2.05, 4.69) is 16.8 Å². The molecule has 2 saturated heterocycles. The number of hydroxylamine groups is 2. The quantitative estimate of drug-likeness (QED) is 0.597. The Labute approximate surface area is 149 Å². The van der Waals surface area contributed by atoms with Gasteiger partial charge >= 0.3 is 0 Å². The number of carbonyl (C=O) groups is 3. The van der Waals surface area contributed by atoms with E-state index in [4.69, 9.17) is 4.84 Å². The van der Waals surface area contributed by atoms with Gasteiger partial charge in [0.2, 0.25) is 6.41 Å². The Hall–Kier alpha value is -1.51. The lowest BCUT2D eigenvalue weighted by Gasteiger charge is -2.49. The van der Waals surface area contributed by atoms with Crippen LogP contribution in [0.25, 0.3) is 0 Å². The van der Waals surface area contributed by atoms with Crippen molar-refractivity contribution in [1.82, 2.24) is 19.8 Å². The lowest BCUT2D eigenvalue weighted by Crippen LogP contribution is -2.67. The van der Waals surface area contributed by atoms with Crippen molar-refractivity contribution >= 4 is 18.6 Å². The van der Waals surface area contributed by atoms with Gasteiger partial charge in [-0.05, 0) is 53.9 Å². The molecule has 2 rings (SSSR count). The molecule has 0 aliphatic carbocycles. The Bertz CT molecular complexity index is 491. The number of carbonyl (C=O) groups excluding carboxylic acids is 3. The van der Waals surface area contributed by atoms with E-state index < -0.39 is 11.8 Å². The van der Waals surface area contributed by atoms with Gasteiger partial charge in [-0.25, -0.2) is 0 Å². The van der Waals surface area contributed by atoms with Crippen LogP contribution in [-0.2, 0) is 19.2 Å². The van der Waals surface area contributed by atoms with Crippen molar-refractivity contribution < 1.29 is 19.2 Å². The van der Waals surface area contributed by atoms with Crippen LogP contribution in [0.5, 0.6) is 0 Å². The molecule has 2 aliphatic heterocycles. The molecule has 0 radical (unpaired) electrons. The van der Waals surface area contributed by atoms with Gasteiger partial charge in [-0.2, -0.15) is 5.06 Å². The zero-order chi connectivity index (χ0) is 18.6. The van der Waals surface area contributed by atoms with Gasteiger partial charge in [-0.15, -0.1) is 0 Å². The van der Waals surface area contributed by atoms with Crippen LogP contribution < -0.4 is 0 Å². The summed E-state index contributed by atoms with van der Waals surface area (Å²) in [5.41, 5.74) is -1.12. The second kappa shape index (κ2) is 8.25. The molecule has 142 valence electrons. The summed E-state index contributed by atoms with van der Waals surface area (Å²) < 4.78 is 0. The number of likely N-dealkylation sites (N-methyl/N-ethyl adjacent to an activating group) is 1. The van der Waals surface area contributed by atoms with Crippen molar-refractivity contribution in [2.45, 2.75) is 50.9 Å². The van der Waals surface area contributed by atoms with Crippen LogP contribution >= 0.6 is 0 Å². The highest BCUT2D eigenvalue weighted by atomic mass is 16.7. The Morgan fingerprint density at radius 2 is 1.92 bits per heavy atom. The lowest BCUT2D eigenvalue weighted by molar-refractivity contribution is -0.282. The van der Waals surface area contributed by atoms with Gasteiger partial charge in [0.25, 0.3) is 5.91 Å². The summed E-state index contributed by atoms with van der Waals surface area (Å²) in [5.74, 6) is -0.200. The average molecular weight is 354 g/mol. The van der Waals surface area contributed by atoms with E-state index in [-0.39, 0.29) is 18.9 Å². The van der Waals surface area contributed by atoms with Crippen molar-refractivity contribution in [3.05, 3.63) is 0 Å². The molecular weight excluding hydrogens is 324 g/mol. The SMILES string of the molecule is CN1CCC(N(C)CC2N(C=O)OC(C)(C)C(=O)N2CCC=O)CC1. The van der Waals surface area contributed by atoms with Gasteiger partial charge < -0.3 is 14.6 Å². The molecule has 0 aromatic carbocycles. The molecule has 0 bridgehead atoms. The minimum absolute atomic E-state index is 0.200. The Balaban J connectivity index is 2.13. The molecule has 1 unspecified atom stereocenters. The molecular formula is C17H30N4O4. The van der Waals surface area contributed by atoms with Crippen molar-refractivity contribution in [1.29, 1.82) is 0 Å². The second-order valence-electron chi connectivity index (χ2n) is 7.48. The van der Waals surface area contributed by atoms with Crippen molar-refractivity contribution in [2.75, 3.05) is 40.3 Å².